The van der Waals surface area contributed by atoms with E-state index in [2.05, 4.69) is 15.2 Å². The zero-order valence-corrected chi connectivity index (χ0v) is 9.44. The first-order valence-electron chi connectivity index (χ1n) is 4.71. The smallest absolute Gasteiger partial charge is 0.293 e. The first-order chi connectivity index (χ1) is 7.06. The molecule has 1 heterocycles. The Morgan fingerprint density at radius 3 is 2.80 bits per heavy atom. The van der Waals surface area contributed by atoms with Crippen LogP contribution in [0.4, 0.5) is 0 Å². The Kier molecular flexibility index (Phi) is 3.79. The lowest BCUT2D eigenvalue weighted by Gasteiger charge is -2.22. The lowest BCUT2D eigenvalue weighted by Crippen LogP contribution is -2.38. The van der Waals surface area contributed by atoms with Crippen molar-refractivity contribution in [1.29, 1.82) is 0 Å². The van der Waals surface area contributed by atoms with Crippen LogP contribution in [0.15, 0.2) is 0 Å². The van der Waals surface area contributed by atoms with Crippen LogP contribution in [0.5, 0.6) is 0 Å². The highest BCUT2D eigenvalue weighted by Gasteiger charge is 2.20. The molecule has 0 aliphatic heterocycles. The number of hydrogen-bond donors (Lipinski definition) is 1. The molecule has 1 aromatic heterocycles. The van der Waals surface area contributed by atoms with E-state index in [-0.39, 0.29) is 17.8 Å². The molecule has 1 unspecified atom stereocenters. The van der Waals surface area contributed by atoms with Gasteiger partial charge in [-0.3, -0.25) is 9.89 Å². The van der Waals surface area contributed by atoms with Gasteiger partial charge >= 0.3 is 0 Å². The monoisotopic (exact) mass is 212 g/mol. The first kappa shape index (κ1) is 11.6. The second-order valence-electron chi connectivity index (χ2n) is 3.46. The Morgan fingerprint density at radius 2 is 2.33 bits per heavy atom. The molecule has 1 amide bonds. The van der Waals surface area contributed by atoms with Gasteiger partial charge in [0.15, 0.2) is 0 Å². The number of nitrogens with one attached hydrogen (secondary N) is 1. The van der Waals surface area contributed by atoms with Crippen molar-refractivity contribution in [1.82, 2.24) is 20.1 Å². The summed E-state index contributed by atoms with van der Waals surface area (Å²) in [6, 6.07) is 0.00121. The van der Waals surface area contributed by atoms with Crippen LogP contribution in [0.25, 0.3) is 0 Å². The average Bonchev–Trinajstić information content (AvgIpc) is 2.63. The highest BCUT2D eigenvalue weighted by Crippen LogP contribution is 2.02. The maximum atomic E-state index is 11.8. The molecule has 0 radical (unpaired) electrons. The molecule has 0 spiro atoms. The Balaban J connectivity index is 2.68. The summed E-state index contributed by atoms with van der Waals surface area (Å²) in [5.74, 6) is 0.619. The molecular weight excluding hydrogens is 196 g/mol. The van der Waals surface area contributed by atoms with Crippen LogP contribution in [0.3, 0.4) is 0 Å². The molecule has 0 fully saturated rings. The van der Waals surface area contributed by atoms with E-state index < -0.39 is 0 Å². The number of nitrogens with zero attached hydrogens (tertiary/aromatic N) is 3. The second-order valence-corrected chi connectivity index (χ2v) is 3.46. The zero-order chi connectivity index (χ0) is 11.4. The Labute approximate surface area is 88.6 Å². The number of hydrogen-bond acceptors (Lipinski definition) is 4. The number of aromatic nitrogens is 3. The number of methoxy groups -OCH3 is 1. The van der Waals surface area contributed by atoms with Crippen molar-refractivity contribution in [2.24, 2.45) is 0 Å². The quantitative estimate of drug-likeness (QED) is 0.775. The van der Waals surface area contributed by atoms with E-state index in [1.807, 2.05) is 6.92 Å². The van der Waals surface area contributed by atoms with Gasteiger partial charge in [-0.15, -0.1) is 5.10 Å². The summed E-state index contributed by atoms with van der Waals surface area (Å²) in [5, 5.41) is 6.45. The highest BCUT2D eigenvalue weighted by molar-refractivity contribution is 5.90. The number of aromatic amines is 1. The normalized spacial score (nSPS) is 12.5. The summed E-state index contributed by atoms with van der Waals surface area (Å²) < 4.78 is 4.97. The van der Waals surface area contributed by atoms with Crippen LogP contribution in [0.2, 0.25) is 0 Å². The number of aryl methyl sites for hydroxylation is 1. The molecule has 1 rings (SSSR count). The van der Waals surface area contributed by atoms with Crippen molar-refractivity contribution in [2.45, 2.75) is 19.9 Å². The lowest BCUT2D eigenvalue weighted by molar-refractivity contribution is 0.0622. The van der Waals surface area contributed by atoms with Gasteiger partial charge in [0.25, 0.3) is 5.91 Å². The maximum absolute atomic E-state index is 11.8. The number of likely N-dealkylation sites (N-methyl/N-ethyl adjacent to an activating group) is 1. The molecule has 6 heteroatoms. The maximum Gasteiger partial charge on any atom is 0.293 e. The standard InChI is InChI=1S/C9H16N4O2/c1-6(5-15-4)13(3)9(14)8-10-7(2)11-12-8/h6H,5H2,1-4H3,(H,10,11,12). The van der Waals surface area contributed by atoms with E-state index in [1.165, 1.54) is 0 Å². The van der Waals surface area contributed by atoms with Gasteiger partial charge in [-0.05, 0) is 13.8 Å². The fourth-order valence-electron chi connectivity index (χ4n) is 1.15. The number of amides is 1. The van der Waals surface area contributed by atoms with Gasteiger partial charge in [-0.25, -0.2) is 4.98 Å². The van der Waals surface area contributed by atoms with Crippen LogP contribution >= 0.6 is 0 Å². The molecule has 0 aromatic carbocycles. The number of carbonyl (C=O) groups excluding carboxylic acids is 1. The second kappa shape index (κ2) is 4.88. The Hall–Kier alpha value is -1.43. The molecule has 84 valence electrons. The third kappa shape index (κ3) is 2.76. The van der Waals surface area contributed by atoms with E-state index in [0.717, 1.165) is 0 Å². The highest BCUT2D eigenvalue weighted by atomic mass is 16.5. The van der Waals surface area contributed by atoms with Gasteiger partial charge in [-0.1, -0.05) is 0 Å². The molecule has 0 saturated heterocycles. The van der Waals surface area contributed by atoms with Crippen molar-refractivity contribution in [3.63, 3.8) is 0 Å². The molecule has 1 aromatic rings. The summed E-state index contributed by atoms with van der Waals surface area (Å²) in [7, 11) is 3.31. The fraction of sp³-hybridized carbons (Fsp3) is 0.667. The summed E-state index contributed by atoms with van der Waals surface area (Å²) in [6.07, 6.45) is 0. The minimum Gasteiger partial charge on any atom is -0.383 e. The van der Waals surface area contributed by atoms with Gasteiger partial charge < -0.3 is 9.64 Å². The Bertz CT molecular complexity index is 337. The average molecular weight is 212 g/mol. The summed E-state index contributed by atoms with van der Waals surface area (Å²) >= 11 is 0. The molecule has 0 saturated carbocycles. The largest absolute Gasteiger partial charge is 0.383 e. The van der Waals surface area contributed by atoms with Crippen molar-refractivity contribution in [2.75, 3.05) is 20.8 Å². The van der Waals surface area contributed by atoms with Crippen molar-refractivity contribution in [3.05, 3.63) is 11.6 Å². The topological polar surface area (TPSA) is 71.1 Å². The molecule has 1 atom stereocenters. The van der Waals surface area contributed by atoms with Gasteiger partial charge in [0.1, 0.15) is 5.82 Å². The first-order valence-corrected chi connectivity index (χ1v) is 4.71. The third-order valence-corrected chi connectivity index (χ3v) is 2.18. The van der Waals surface area contributed by atoms with Crippen LogP contribution in [0, 0.1) is 6.92 Å². The molecule has 0 bridgehead atoms. The van der Waals surface area contributed by atoms with E-state index in [1.54, 1.807) is 26.0 Å². The summed E-state index contributed by atoms with van der Waals surface area (Å²) in [6.45, 7) is 4.15. The van der Waals surface area contributed by atoms with Gasteiger partial charge in [-0.2, -0.15) is 0 Å². The molecule has 0 aliphatic rings. The van der Waals surface area contributed by atoms with Gasteiger partial charge in [0.2, 0.25) is 5.82 Å². The molecule has 15 heavy (non-hydrogen) atoms. The van der Waals surface area contributed by atoms with E-state index in [0.29, 0.717) is 12.4 Å². The van der Waals surface area contributed by atoms with Gasteiger partial charge in [0.05, 0.1) is 12.6 Å². The van der Waals surface area contributed by atoms with E-state index >= 15 is 0 Å². The zero-order valence-electron chi connectivity index (χ0n) is 9.44. The van der Waals surface area contributed by atoms with Crippen molar-refractivity contribution >= 4 is 5.91 Å². The van der Waals surface area contributed by atoms with E-state index in [9.17, 15) is 4.79 Å². The number of ether oxygens (including phenoxy) is 1. The molecular formula is C9H16N4O2. The minimum atomic E-state index is -0.205. The van der Waals surface area contributed by atoms with Crippen LogP contribution in [-0.2, 0) is 4.74 Å². The van der Waals surface area contributed by atoms with Crippen molar-refractivity contribution < 1.29 is 9.53 Å². The van der Waals surface area contributed by atoms with Crippen LogP contribution < -0.4 is 0 Å². The summed E-state index contributed by atoms with van der Waals surface area (Å²) in [5.41, 5.74) is 0. The number of rotatable bonds is 4. The lowest BCUT2D eigenvalue weighted by atomic mass is 10.3. The third-order valence-electron chi connectivity index (χ3n) is 2.18. The minimum absolute atomic E-state index is 0.00121. The van der Waals surface area contributed by atoms with Crippen LogP contribution in [0.1, 0.15) is 23.4 Å². The Morgan fingerprint density at radius 1 is 1.67 bits per heavy atom. The number of H-pyrrole nitrogens is 1. The fourth-order valence-corrected chi connectivity index (χ4v) is 1.15. The molecule has 0 aliphatic carbocycles. The predicted octanol–water partition coefficient (Wildman–Crippen LogP) is 0.220. The summed E-state index contributed by atoms with van der Waals surface area (Å²) in [4.78, 5) is 17.3. The predicted molar refractivity (Wildman–Crippen MR) is 54.6 cm³/mol. The van der Waals surface area contributed by atoms with E-state index in [4.69, 9.17) is 4.74 Å². The molecule has 1 N–H and O–H groups in total. The van der Waals surface area contributed by atoms with Crippen LogP contribution in [-0.4, -0.2) is 52.8 Å². The molecule has 6 nitrogen and oxygen atoms in total. The van der Waals surface area contributed by atoms with Crippen molar-refractivity contribution in [3.8, 4) is 0 Å². The van der Waals surface area contributed by atoms with Gasteiger partial charge in [0, 0.05) is 14.2 Å². The number of carbonyl (C=O) groups is 1. The SMILES string of the molecule is COCC(C)N(C)C(=O)c1n[nH]c(C)n1.